The zero-order valence-corrected chi connectivity index (χ0v) is 15.5. The topological polar surface area (TPSA) is 74.7 Å². The summed E-state index contributed by atoms with van der Waals surface area (Å²) >= 11 is 0. The minimum absolute atomic E-state index is 0.00464. The van der Waals surface area contributed by atoms with E-state index in [2.05, 4.69) is 27.3 Å². The van der Waals surface area contributed by atoms with Crippen molar-refractivity contribution in [3.63, 3.8) is 0 Å². The molecule has 142 valence electrons. The Bertz CT molecular complexity index is 778. The molecule has 1 aliphatic carbocycles. The first-order valence-corrected chi connectivity index (χ1v) is 9.39. The minimum Gasteiger partial charge on any atom is -0.481 e. The molecule has 2 aliphatic rings. The van der Waals surface area contributed by atoms with Crippen LogP contribution in [-0.4, -0.2) is 40.7 Å². The van der Waals surface area contributed by atoms with Gasteiger partial charge >= 0.3 is 0 Å². The Morgan fingerprint density at radius 2 is 1.96 bits per heavy atom. The molecule has 6 nitrogen and oxygen atoms in total. The number of ether oxygens (including phenoxy) is 1. The first-order valence-electron chi connectivity index (χ1n) is 9.39. The molecule has 1 unspecified atom stereocenters. The number of benzene rings is 1. The lowest BCUT2D eigenvalue weighted by Crippen LogP contribution is -2.44. The number of aromatic nitrogens is 1. The number of aliphatic hydroxyl groups is 1. The van der Waals surface area contributed by atoms with Gasteiger partial charge in [-0.1, -0.05) is 30.3 Å². The minimum atomic E-state index is -0.270. The highest BCUT2D eigenvalue weighted by atomic mass is 16.5. The maximum atomic E-state index is 12.7. The number of carbonyl (C=O) groups is 1. The molecule has 2 aromatic rings. The SMILES string of the molecule is COc1ccc(C(NC(=O)CN2Cc3ccccc3C2)C2CC(O)C2)cn1. The van der Waals surface area contributed by atoms with E-state index in [0.29, 0.717) is 25.3 Å². The largest absolute Gasteiger partial charge is 0.481 e. The quantitative estimate of drug-likeness (QED) is 0.817. The van der Waals surface area contributed by atoms with Gasteiger partial charge in [0.05, 0.1) is 25.8 Å². The van der Waals surface area contributed by atoms with Gasteiger partial charge in [0.1, 0.15) is 0 Å². The van der Waals surface area contributed by atoms with Crippen LogP contribution in [0, 0.1) is 5.92 Å². The number of pyridine rings is 1. The molecule has 0 bridgehead atoms. The zero-order valence-electron chi connectivity index (χ0n) is 15.5. The van der Waals surface area contributed by atoms with Crippen molar-refractivity contribution in [1.82, 2.24) is 15.2 Å². The second-order valence-corrected chi connectivity index (χ2v) is 7.48. The van der Waals surface area contributed by atoms with Gasteiger partial charge in [0.15, 0.2) is 0 Å². The predicted molar refractivity (Wildman–Crippen MR) is 101 cm³/mol. The molecular formula is C21H25N3O3. The maximum Gasteiger partial charge on any atom is 0.234 e. The van der Waals surface area contributed by atoms with Crippen molar-refractivity contribution < 1.29 is 14.6 Å². The van der Waals surface area contributed by atoms with Crippen LogP contribution in [0.2, 0.25) is 0 Å². The lowest BCUT2D eigenvalue weighted by atomic mass is 9.75. The van der Waals surface area contributed by atoms with E-state index in [9.17, 15) is 9.90 Å². The number of nitrogens with one attached hydrogen (secondary N) is 1. The smallest absolute Gasteiger partial charge is 0.234 e. The number of rotatable bonds is 6. The number of aliphatic hydroxyl groups excluding tert-OH is 1. The standard InChI is InChI=1S/C21H25N3O3/c1-27-20-7-6-14(10-22-20)21(17-8-18(25)9-17)23-19(26)13-24-11-15-4-2-3-5-16(15)12-24/h2-7,10,17-18,21,25H,8-9,11-13H2,1H3,(H,23,26). The molecule has 1 aromatic heterocycles. The van der Waals surface area contributed by atoms with E-state index in [4.69, 9.17) is 4.74 Å². The van der Waals surface area contributed by atoms with Gasteiger partial charge in [0, 0.05) is 25.4 Å². The van der Waals surface area contributed by atoms with Crippen LogP contribution in [0.15, 0.2) is 42.6 Å². The van der Waals surface area contributed by atoms with Crippen LogP contribution in [0.4, 0.5) is 0 Å². The average Bonchev–Trinajstić information content (AvgIpc) is 3.06. The van der Waals surface area contributed by atoms with Crippen LogP contribution in [0.25, 0.3) is 0 Å². The van der Waals surface area contributed by atoms with Crippen LogP contribution in [0.5, 0.6) is 5.88 Å². The van der Waals surface area contributed by atoms with Crippen molar-refractivity contribution >= 4 is 5.91 Å². The van der Waals surface area contributed by atoms with E-state index >= 15 is 0 Å². The molecule has 0 saturated heterocycles. The third-order valence-electron chi connectivity index (χ3n) is 5.54. The molecule has 6 heteroatoms. The number of nitrogens with zero attached hydrogens (tertiary/aromatic N) is 2. The van der Waals surface area contributed by atoms with E-state index in [1.54, 1.807) is 19.4 Å². The van der Waals surface area contributed by atoms with Gasteiger partial charge in [-0.25, -0.2) is 4.98 Å². The molecule has 2 heterocycles. The lowest BCUT2D eigenvalue weighted by Gasteiger charge is -2.38. The van der Waals surface area contributed by atoms with Crippen LogP contribution >= 0.6 is 0 Å². The third-order valence-corrected chi connectivity index (χ3v) is 5.54. The second-order valence-electron chi connectivity index (χ2n) is 7.48. The molecule has 1 saturated carbocycles. The molecule has 1 amide bonds. The molecule has 4 rings (SSSR count). The third kappa shape index (κ3) is 3.96. The molecule has 0 spiro atoms. The number of hydrogen-bond acceptors (Lipinski definition) is 5. The summed E-state index contributed by atoms with van der Waals surface area (Å²) in [6.45, 7) is 1.98. The Kier molecular flexibility index (Phi) is 5.09. The zero-order chi connectivity index (χ0) is 18.8. The highest BCUT2D eigenvalue weighted by molar-refractivity contribution is 5.78. The van der Waals surface area contributed by atoms with Crippen LogP contribution in [0.1, 0.15) is 35.6 Å². The summed E-state index contributed by atoms with van der Waals surface area (Å²) in [5.41, 5.74) is 3.54. The molecule has 1 fully saturated rings. The summed E-state index contributed by atoms with van der Waals surface area (Å²) in [6, 6.07) is 11.9. The van der Waals surface area contributed by atoms with Crippen LogP contribution in [-0.2, 0) is 17.9 Å². The fourth-order valence-corrected chi connectivity index (χ4v) is 4.01. The van der Waals surface area contributed by atoms with Gasteiger partial charge in [-0.2, -0.15) is 0 Å². The first kappa shape index (κ1) is 17.9. The first-order chi connectivity index (χ1) is 13.1. The number of amides is 1. The summed E-state index contributed by atoms with van der Waals surface area (Å²) in [6.07, 6.45) is 2.88. The molecule has 1 atom stereocenters. The Morgan fingerprint density at radius 1 is 1.26 bits per heavy atom. The summed E-state index contributed by atoms with van der Waals surface area (Å²) in [5.74, 6) is 0.784. The van der Waals surface area contributed by atoms with E-state index in [1.165, 1.54) is 11.1 Å². The Hall–Kier alpha value is -2.44. The fraction of sp³-hybridized carbons (Fsp3) is 0.429. The Labute approximate surface area is 159 Å². The van der Waals surface area contributed by atoms with Gasteiger partial charge in [0.2, 0.25) is 11.8 Å². The Morgan fingerprint density at radius 3 is 2.52 bits per heavy atom. The van der Waals surface area contributed by atoms with E-state index in [-0.39, 0.29) is 24.0 Å². The number of methoxy groups -OCH3 is 1. The van der Waals surface area contributed by atoms with Gasteiger partial charge in [0.25, 0.3) is 0 Å². The van der Waals surface area contributed by atoms with Crippen molar-refractivity contribution in [2.75, 3.05) is 13.7 Å². The van der Waals surface area contributed by atoms with Crippen LogP contribution < -0.4 is 10.1 Å². The fourth-order valence-electron chi connectivity index (χ4n) is 4.01. The van der Waals surface area contributed by atoms with Crippen molar-refractivity contribution in [3.05, 3.63) is 59.3 Å². The van der Waals surface area contributed by atoms with Crippen molar-refractivity contribution in [2.24, 2.45) is 5.92 Å². The normalized spacial score (nSPS) is 22.6. The lowest BCUT2D eigenvalue weighted by molar-refractivity contribution is -0.124. The summed E-state index contributed by atoms with van der Waals surface area (Å²) < 4.78 is 5.12. The van der Waals surface area contributed by atoms with Crippen LogP contribution in [0.3, 0.4) is 0 Å². The monoisotopic (exact) mass is 367 g/mol. The van der Waals surface area contributed by atoms with Crippen molar-refractivity contribution in [3.8, 4) is 5.88 Å². The molecule has 27 heavy (non-hydrogen) atoms. The Balaban J connectivity index is 1.41. The van der Waals surface area contributed by atoms with Gasteiger partial charge < -0.3 is 15.2 Å². The van der Waals surface area contributed by atoms with Crippen molar-refractivity contribution in [2.45, 2.75) is 38.1 Å². The van der Waals surface area contributed by atoms with Gasteiger partial charge in [-0.05, 0) is 35.4 Å². The van der Waals surface area contributed by atoms with Crippen molar-refractivity contribution in [1.29, 1.82) is 0 Å². The molecule has 0 radical (unpaired) electrons. The summed E-state index contributed by atoms with van der Waals surface area (Å²) in [4.78, 5) is 19.1. The second kappa shape index (κ2) is 7.66. The highest BCUT2D eigenvalue weighted by Gasteiger charge is 2.36. The molecule has 1 aromatic carbocycles. The number of carbonyl (C=O) groups excluding carboxylic acids is 1. The summed E-state index contributed by atoms with van der Waals surface area (Å²) in [5, 5.41) is 12.9. The van der Waals surface area contributed by atoms with E-state index in [0.717, 1.165) is 18.7 Å². The molecule has 2 N–H and O–H groups in total. The number of fused-ring (bicyclic) bond motifs is 1. The average molecular weight is 367 g/mol. The molecular weight excluding hydrogens is 342 g/mol. The maximum absolute atomic E-state index is 12.7. The van der Waals surface area contributed by atoms with E-state index < -0.39 is 0 Å². The van der Waals surface area contributed by atoms with Gasteiger partial charge in [-0.3, -0.25) is 9.69 Å². The summed E-state index contributed by atoms with van der Waals surface area (Å²) in [7, 11) is 1.58. The predicted octanol–water partition coefficient (Wildman–Crippen LogP) is 2.03. The molecule has 1 aliphatic heterocycles. The number of hydrogen-bond donors (Lipinski definition) is 2. The highest BCUT2D eigenvalue weighted by Crippen LogP contribution is 2.38. The van der Waals surface area contributed by atoms with E-state index in [1.807, 2.05) is 18.2 Å². The van der Waals surface area contributed by atoms with Gasteiger partial charge in [-0.15, -0.1) is 0 Å².